The molecule has 0 aromatic heterocycles. The van der Waals surface area contributed by atoms with E-state index < -0.39 is 11.5 Å². The molecule has 6 heteroatoms. The topological polar surface area (TPSA) is 66.4 Å². The number of carbonyl (C=O) groups excluding carboxylic acids is 1. The standard InChI is InChI=1S/C15H20BrNO3S/c1-10(2)15(3,8-14(19)20)17-13(18)9-21-12-6-4-5-11(16)7-12/h4-7,10H,8-9H2,1-3H3,(H,17,18)(H,19,20). The highest BCUT2D eigenvalue weighted by Gasteiger charge is 2.32. The molecule has 0 aliphatic rings. The molecule has 4 nitrogen and oxygen atoms in total. The number of carboxylic acid groups (broad SMARTS) is 1. The molecule has 0 bridgehead atoms. The minimum absolute atomic E-state index is 0.0356. The number of rotatable bonds is 7. The average molecular weight is 374 g/mol. The molecule has 0 aliphatic heterocycles. The number of hydrogen-bond donors (Lipinski definition) is 2. The number of nitrogens with one attached hydrogen (secondary N) is 1. The van der Waals surface area contributed by atoms with Crippen LogP contribution in [0.5, 0.6) is 0 Å². The monoisotopic (exact) mass is 373 g/mol. The van der Waals surface area contributed by atoms with E-state index in [0.29, 0.717) is 0 Å². The Labute approximate surface area is 137 Å². The first-order valence-electron chi connectivity index (χ1n) is 6.64. The van der Waals surface area contributed by atoms with Crippen molar-refractivity contribution < 1.29 is 14.7 Å². The molecular formula is C15H20BrNO3S. The van der Waals surface area contributed by atoms with Crippen molar-refractivity contribution in [3.63, 3.8) is 0 Å². The van der Waals surface area contributed by atoms with E-state index in [9.17, 15) is 9.59 Å². The molecule has 0 saturated carbocycles. The lowest BCUT2D eigenvalue weighted by Crippen LogP contribution is -2.51. The van der Waals surface area contributed by atoms with Gasteiger partial charge in [-0.1, -0.05) is 35.8 Å². The van der Waals surface area contributed by atoms with E-state index in [1.807, 2.05) is 38.1 Å². The van der Waals surface area contributed by atoms with E-state index in [1.54, 1.807) is 6.92 Å². The molecule has 0 heterocycles. The molecular weight excluding hydrogens is 354 g/mol. The number of carbonyl (C=O) groups is 2. The fourth-order valence-corrected chi connectivity index (χ4v) is 3.07. The van der Waals surface area contributed by atoms with Crippen molar-refractivity contribution in [3.8, 4) is 0 Å². The molecule has 0 fully saturated rings. The lowest BCUT2D eigenvalue weighted by molar-refractivity contribution is -0.139. The van der Waals surface area contributed by atoms with Crippen LogP contribution in [0.25, 0.3) is 0 Å². The molecule has 1 rings (SSSR count). The van der Waals surface area contributed by atoms with E-state index in [1.165, 1.54) is 11.8 Å². The zero-order valence-electron chi connectivity index (χ0n) is 12.4. The van der Waals surface area contributed by atoms with Gasteiger partial charge in [0.05, 0.1) is 12.2 Å². The van der Waals surface area contributed by atoms with Gasteiger partial charge in [0, 0.05) is 14.9 Å². The minimum Gasteiger partial charge on any atom is -0.481 e. The van der Waals surface area contributed by atoms with Crippen LogP contribution in [-0.4, -0.2) is 28.3 Å². The molecule has 116 valence electrons. The summed E-state index contributed by atoms with van der Waals surface area (Å²) in [7, 11) is 0. The van der Waals surface area contributed by atoms with Gasteiger partial charge in [0.2, 0.25) is 5.91 Å². The molecule has 21 heavy (non-hydrogen) atoms. The average Bonchev–Trinajstić information content (AvgIpc) is 2.35. The van der Waals surface area contributed by atoms with Gasteiger partial charge < -0.3 is 10.4 Å². The van der Waals surface area contributed by atoms with Gasteiger partial charge in [-0.3, -0.25) is 9.59 Å². The lowest BCUT2D eigenvalue weighted by atomic mass is 9.85. The zero-order chi connectivity index (χ0) is 16.0. The van der Waals surface area contributed by atoms with Crippen molar-refractivity contribution in [1.29, 1.82) is 0 Å². The van der Waals surface area contributed by atoms with Crippen LogP contribution in [0.15, 0.2) is 33.6 Å². The highest BCUT2D eigenvalue weighted by atomic mass is 79.9. The van der Waals surface area contributed by atoms with Crippen LogP contribution in [0.2, 0.25) is 0 Å². The van der Waals surface area contributed by atoms with Gasteiger partial charge in [-0.15, -0.1) is 11.8 Å². The molecule has 1 aromatic rings. The van der Waals surface area contributed by atoms with E-state index in [2.05, 4.69) is 21.2 Å². The Balaban J connectivity index is 2.60. The first kappa shape index (κ1) is 18.0. The van der Waals surface area contributed by atoms with Crippen LogP contribution in [0, 0.1) is 5.92 Å². The molecule has 1 unspecified atom stereocenters. The van der Waals surface area contributed by atoms with Crippen molar-refractivity contribution >= 4 is 39.6 Å². The van der Waals surface area contributed by atoms with Gasteiger partial charge in [0.1, 0.15) is 0 Å². The number of amides is 1. The van der Waals surface area contributed by atoms with Gasteiger partial charge >= 0.3 is 5.97 Å². The molecule has 0 saturated heterocycles. The summed E-state index contributed by atoms with van der Waals surface area (Å²) in [6.07, 6.45) is -0.0854. The number of aliphatic carboxylic acids is 1. The second-order valence-electron chi connectivity index (χ2n) is 5.44. The maximum absolute atomic E-state index is 12.1. The summed E-state index contributed by atoms with van der Waals surface area (Å²) in [6.45, 7) is 5.59. The number of carboxylic acids is 1. The van der Waals surface area contributed by atoms with Crippen LogP contribution in [0.1, 0.15) is 27.2 Å². The molecule has 0 radical (unpaired) electrons. The van der Waals surface area contributed by atoms with Gasteiger partial charge in [-0.25, -0.2) is 0 Å². The van der Waals surface area contributed by atoms with E-state index in [4.69, 9.17) is 5.11 Å². The van der Waals surface area contributed by atoms with Crippen molar-refractivity contribution in [3.05, 3.63) is 28.7 Å². The van der Waals surface area contributed by atoms with E-state index >= 15 is 0 Å². The molecule has 0 aliphatic carbocycles. The van der Waals surface area contributed by atoms with Crippen LogP contribution in [-0.2, 0) is 9.59 Å². The molecule has 2 N–H and O–H groups in total. The summed E-state index contributed by atoms with van der Waals surface area (Å²) in [4.78, 5) is 24.0. The Hall–Kier alpha value is -1.01. The number of hydrogen-bond acceptors (Lipinski definition) is 3. The third kappa shape index (κ3) is 6.09. The van der Waals surface area contributed by atoms with Crippen molar-refractivity contribution in [2.75, 3.05) is 5.75 Å². The molecule has 1 amide bonds. The van der Waals surface area contributed by atoms with E-state index in [0.717, 1.165) is 9.37 Å². The molecule has 0 spiro atoms. The molecule has 1 aromatic carbocycles. The Morgan fingerprint density at radius 3 is 2.62 bits per heavy atom. The van der Waals surface area contributed by atoms with Gasteiger partial charge in [0.15, 0.2) is 0 Å². The molecule has 1 atom stereocenters. The van der Waals surface area contributed by atoms with Gasteiger partial charge in [-0.05, 0) is 31.0 Å². The zero-order valence-corrected chi connectivity index (χ0v) is 14.8. The Kier molecular flexibility index (Phi) is 6.74. The SMILES string of the molecule is CC(C)C(C)(CC(=O)O)NC(=O)CSc1cccc(Br)c1. The van der Waals surface area contributed by atoms with Crippen molar-refractivity contribution in [1.82, 2.24) is 5.32 Å². The van der Waals surface area contributed by atoms with Gasteiger partial charge in [-0.2, -0.15) is 0 Å². The highest BCUT2D eigenvalue weighted by Crippen LogP contribution is 2.24. The fourth-order valence-electron chi connectivity index (χ4n) is 1.77. The predicted octanol–water partition coefficient (Wildman–Crippen LogP) is 3.55. The normalized spacial score (nSPS) is 13.8. The Bertz CT molecular complexity index is 521. The lowest BCUT2D eigenvalue weighted by Gasteiger charge is -2.33. The summed E-state index contributed by atoms with van der Waals surface area (Å²) >= 11 is 4.81. The first-order valence-corrected chi connectivity index (χ1v) is 8.42. The summed E-state index contributed by atoms with van der Waals surface area (Å²) < 4.78 is 0.964. The summed E-state index contributed by atoms with van der Waals surface area (Å²) in [6, 6.07) is 7.71. The third-order valence-corrected chi connectivity index (χ3v) is 4.87. The van der Waals surface area contributed by atoms with Crippen LogP contribution < -0.4 is 5.32 Å². The fraction of sp³-hybridized carbons (Fsp3) is 0.467. The summed E-state index contributed by atoms with van der Waals surface area (Å²) in [5.74, 6) is -0.768. The maximum Gasteiger partial charge on any atom is 0.305 e. The summed E-state index contributed by atoms with van der Waals surface area (Å²) in [5.41, 5.74) is -0.735. The highest BCUT2D eigenvalue weighted by molar-refractivity contribution is 9.10. The van der Waals surface area contributed by atoms with E-state index in [-0.39, 0.29) is 24.0 Å². The Morgan fingerprint density at radius 1 is 1.43 bits per heavy atom. The third-order valence-electron chi connectivity index (χ3n) is 3.38. The quantitative estimate of drug-likeness (QED) is 0.717. The van der Waals surface area contributed by atoms with Crippen LogP contribution >= 0.6 is 27.7 Å². The predicted molar refractivity (Wildman–Crippen MR) is 88.5 cm³/mol. The smallest absolute Gasteiger partial charge is 0.305 e. The number of benzene rings is 1. The second-order valence-corrected chi connectivity index (χ2v) is 7.40. The second kappa shape index (κ2) is 7.84. The van der Waals surface area contributed by atoms with Crippen molar-refractivity contribution in [2.24, 2.45) is 5.92 Å². The Morgan fingerprint density at radius 2 is 2.10 bits per heavy atom. The van der Waals surface area contributed by atoms with Crippen LogP contribution in [0.4, 0.5) is 0 Å². The first-order chi connectivity index (χ1) is 9.73. The summed E-state index contributed by atoms with van der Waals surface area (Å²) in [5, 5.41) is 11.8. The number of halogens is 1. The largest absolute Gasteiger partial charge is 0.481 e. The van der Waals surface area contributed by atoms with Crippen LogP contribution in [0.3, 0.4) is 0 Å². The maximum atomic E-state index is 12.1. The van der Waals surface area contributed by atoms with Crippen molar-refractivity contribution in [2.45, 2.75) is 37.6 Å². The van der Waals surface area contributed by atoms with Gasteiger partial charge in [0.25, 0.3) is 0 Å². The minimum atomic E-state index is -0.911. The number of thioether (sulfide) groups is 1.